The van der Waals surface area contributed by atoms with Crippen molar-refractivity contribution in [2.45, 2.75) is 38.3 Å². The van der Waals surface area contributed by atoms with Gasteiger partial charge in [-0.3, -0.25) is 24.1 Å². The van der Waals surface area contributed by atoms with Crippen molar-refractivity contribution >= 4 is 35.0 Å². The van der Waals surface area contributed by atoms with Crippen molar-refractivity contribution in [2.24, 2.45) is 5.73 Å². The van der Waals surface area contributed by atoms with Gasteiger partial charge in [-0.25, -0.2) is 0 Å². The van der Waals surface area contributed by atoms with Gasteiger partial charge in [-0.15, -0.1) is 0 Å². The van der Waals surface area contributed by atoms with E-state index >= 15 is 0 Å². The van der Waals surface area contributed by atoms with Crippen molar-refractivity contribution in [1.82, 2.24) is 4.90 Å². The standard InChI is InChI=1S/C24H26N4O5/c1-24-12-9-22(31)28(24)19-8-3-2-7-18(19)23(32)27(24)13-10-21(30)26-16-5-4-6-17(15-16)33-14-11-20(25)29/h2-8,15H,9-14H2,1H3,(H2,25,29)(H,26,30)/t24-/m0/s1. The molecule has 2 aliphatic heterocycles. The SMILES string of the molecule is C[C@@]12CCC(=O)N1c1ccccc1C(=O)N2CCC(=O)Nc1cccc(OCCC(N)=O)c1. The van der Waals surface area contributed by atoms with Crippen LogP contribution in [0.5, 0.6) is 5.75 Å². The maximum Gasteiger partial charge on any atom is 0.257 e. The summed E-state index contributed by atoms with van der Waals surface area (Å²) in [5.41, 5.74) is 5.94. The molecule has 2 aromatic carbocycles. The first kappa shape index (κ1) is 22.3. The van der Waals surface area contributed by atoms with Crippen molar-refractivity contribution in [1.29, 1.82) is 0 Å². The summed E-state index contributed by atoms with van der Waals surface area (Å²) in [5.74, 6) is -0.429. The highest BCUT2D eigenvalue weighted by atomic mass is 16.5. The molecule has 9 heteroatoms. The number of rotatable bonds is 8. The third kappa shape index (κ3) is 4.39. The van der Waals surface area contributed by atoms with Crippen LogP contribution in [0.1, 0.15) is 43.0 Å². The van der Waals surface area contributed by atoms with Gasteiger partial charge in [-0.2, -0.15) is 0 Å². The molecule has 172 valence electrons. The molecule has 3 N–H and O–H groups in total. The Morgan fingerprint density at radius 2 is 1.91 bits per heavy atom. The zero-order valence-corrected chi connectivity index (χ0v) is 18.4. The van der Waals surface area contributed by atoms with Crippen molar-refractivity contribution in [3.05, 3.63) is 54.1 Å². The molecule has 1 atom stereocenters. The second kappa shape index (κ2) is 8.93. The summed E-state index contributed by atoms with van der Waals surface area (Å²) in [7, 11) is 0. The number of benzene rings is 2. The lowest BCUT2D eigenvalue weighted by atomic mass is 9.98. The van der Waals surface area contributed by atoms with Crippen molar-refractivity contribution in [3.8, 4) is 5.75 Å². The van der Waals surface area contributed by atoms with Crippen molar-refractivity contribution in [3.63, 3.8) is 0 Å². The van der Waals surface area contributed by atoms with Crippen molar-refractivity contribution in [2.75, 3.05) is 23.4 Å². The van der Waals surface area contributed by atoms with Crippen LogP contribution in [0.15, 0.2) is 48.5 Å². The van der Waals surface area contributed by atoms with Crippen LogP contribution in [0.25, 0.3) is 0 Å². The number of hydrogen-bond donors (Lipinski definition) is 2. The molecule has 0 aliphatic carbocycles. The summed E-state index contributed by atoms with van der Waals surface area (Å²) in [6.45, 7) is 2.20. The molecule has 0 bridgehead atoms. The van der Waals surface area contributed by atoms with E-state index in [4.69, 9.17) is 10.5 Å². The fourth-order valence-corrected chi connectivity index (χ4v) is 4.41. The summed E-state index contributed by atoms with van der Waals surface area (Å²) in [5, 5.41) is 2.81. The largest absolute Gasteiger partial charge is 0.493 e. The first-order chi connectivity index (χ1) is 15.8. The Hall–Kier alpha value is -3.88. The molecule has 0 unspecified atom stereocenters. The number of amides is 4. The van der Waals surface area contributed by atoms with Crippen LogP contribution in [0, 0.1) is 0 Å². The van der Waals surface area contributed by atoms with Crippen LogP contribution < -0.4 is 20.7 Å². The Morgan fingerprint density at radius 3 is 2.70 bits per heavy atom. The molecule has 2 aliphatic rings. The number of primary amides is 1. The second-order valence-corrected chi connectivity index (χ2v) is 8.31. The predicted molar refractivity (Wildman–Crippen MR) is 122 cm³/mol. The van der Waals surface area contributed by atoms with Crippen LogP contribution in [-0.4, -0.2) is 47.3 Å². The van der Waals surface area contributed by atoms with E-state index in [-0.39, 0.29) is 43.7 Å². The molecule has 0 aromatic heterocycles. The summed E-state index contributed by atoms with van der Waals surface area (Å²) in [6.07, 6.45) is 1.03. The van der Waals surface area contributed by atoms with Gasteiger partial charge in [0.2, 0.25) is 17.7 Å². The molecule has 2 heterocycles. The normalized spacial score (nSPS) is 19.2. The first-order valence-electron chi connectivity index (χ1n) is 10.8. The minimum atomic E-state index is -0.795. The average Bonchev–Trinajstić information content (AvgIpc) is 3.09. The molecule has 0 radical (unpaired) electrons. The van der Waals surface area contributed by atoms with E-state index in [0.717, 1.165) is 0 Å². The Bertz CT molecular complexity index is 1120. The highest BCUT2D eigenvalue weighted by molar-refractivity contribution is 6.10. The molecular weight excluding hydrogens is 424 g/mol. The number of para-hydroxylation sites is 1. The van der Waals surface area contributed by atoms with E-state index in [1.165, 1.54) is 0 Å². The van der Waals surface area contributed by atoms with Gasteiger partial charge in [0.1, 0.15) is 11.4 Å². The van der Waals surface area contributed by atoms with E-state index in [0.29, 0.717) is 35.5 Å². The lowest BCUT2D eigenvalue weighted by molar-refractivity contribution is -0.119. The van der Waals surface area contributed by atoms with Crippen LogP contribution in [0.4, 0.5) is 11.4 Å². The zero-order valence-electron chi connectivity index (χ0n) is 18.4. The van der Waals surface area contributed by atoms with E-state index in [1.54, 1.807) is 52.3 Å². The lowest BCUT2D eigenvalue weighted by Crippen LogP contribution is -2.62. The summed E-state index contributed by atoms with van der Waals surface area (Å²) in [4.78, 5) is 52.7. The number of hydrogen-bond acceptors (Lipinski definition) is 5. The Labute approximate surface area is 191 Å². The lowest BCUT2D eigenvalue weighted by Gasteiger charge is -2.48. The average molecular weight is 450 g/mol. The van der Waals surface area contributed by atoms with Gasteiger partial charge in [0, 0.05) is 31.1 Å². The second-order valence-electron chi connectivity index (χ2n) is 8.31. The van der Waals surface area contributed by atoms with E-state index in [1.807, 2.05) is 13.0 Å². The molecule has 4 amide bonds. The van der Waals surface area contributed by atoms with Gasteiger partial charge < -0.3 is 20.7 Å². The third-order valence-electron chi connectivity index (χ3n) is 6.04. The van der Waals surface area contributed by atoms with Crippen molar-refractivity contribution < 1.29 is 23.9 Å². The molecular formula is C24H26N4O5. The summed E-state index contributed by atoms with van der Waals surface area (Å²) < 4.78 is 5.47. The number of fused-ring (bicyclic) bond motifs is 3. The van der Waals surface area contributed by atoms with Gasteiger partial charge >= 0.3 is 0 Å². The molecule has 0 spiro atoms. The predicted octanol–water partition coefficient (Wildman–Crippen LogP) is 2.27. The minimum Gasteiger partial charge on any atom is -0.493 e. The number of ether oxygens (including phenoxy) is 1. The highest BCUT2D eigenvalue weighted by Crippen LogP contribution is 2.43. The molecule has 4 rings (SSSR count). The Balaban J connectivity index is 1.43. The zero-order chi connectivity index (χ0) is 23.6. The monoisotopic (exact) mass is 450 g/mol. The van der Waals surface area contributed by atoms with Gasteiger partial charge in [-0.05, 0) is 37.6 Å². The maximum atomic E-state index is 13.2. The van der Waals surface area contributed by atoms with E-state index in [2.05, 4.69) is 5.32 Å². The van der Waals surface area contributed by atoms with Gasteiger partial charge in [0.15, 0.2) is 0 Å². The van der Waals surface area contributed by atoms with Crippen LogP contribution in [0.2, 0.25) is 0 Å². The number of carbonyl (C=O) groups excluding carboxylic acids is 4. The molecule has 0 saturated carbocycles. The van der Waals surface area contributed by atoms with E-state index in [9.17, 15) is 19.2 Å². The van der Waals surface area contributed by atoms with Gasteiger partial charge in [-0.1, -0.05) is 18.2 Å². The Morgan fingerprint density at radius 1 is 1.12 bits per heavy atom. The Kier molecular flexibility index (Phi) is 6.04. The quantitative estimate of drug-likeness (QED) is 0.639. The van der Waals surface area contributed by atoms with Gasteiger partial charge in [0.05, 0.1) is 24.3 Å². The first-order valence-corrected chi connectivity index (χ1v) is 10.8. The van der Waals surface area contributed by atoms with Crippen LogP contribution in [0.3, 0.4) is 0 Å². The topological polar surface area (TPSA) is 122 Å². The number of carbonyl (C=O) groups is 4. The summed E-state index contributed by atoms with van der Waals surface area (Å²) >= 11 is 0. The van der Waals surface area contributed by atoms with E-state index < -0.39 is 11.6 Å². The number of nitrogens with two attached hydrogens (primary N) is 1. The number of nitrogens with zero attached hydrogens (tertiary/aromatic N) is 2. The third-order valence-corrected chi connectivity index (χ3v) is 6.04. The molecule has 33 heavy (non-hydrogen) atoms. The smallest absolute Gasteiger partial charge is 0.257 e. The number of anilines is 2. The minimum absolute atomic E-state index is 0.0277. The summed E-state index contributed by atoms with van der Waals surface area (Å²) in [6, 6.07) is 13.9. The highest BCUT2D eigenvalue weighted by Gasteiger charge is 2.52. The molecule has 1 fully saturated rings. The molecule has 2 aromatic rings. The number of nitrogens with one attached hydrogen (secondary N) is 1. The van der Waals surface area contributed by atoms with Crippen LogP contribution in [-0.2, 0) is 14.4 Å². The molecule has 9 nitrogen and oxygen atoms in total. The fraction of sp³-hybridized carbons (Fsp3) is 0.333. The maximum absolute atomic E-state index is 13.2. The molecule has 1 saturated heterocycles. The van der Waals surface area contributed by atoms with Gasteiger partial charge in [0.25, 0.3) is 5.91 Å². The van der Waals surface area contributed by atoms with Crippen LogP contribution >= 0.6 is 0 Å². The fourth-order valence-electron chi connectivity index (χ4n) is 4.41.